The Kier molecular flexibility index (Phi) is 6.07. The third-order valence-corrected chi connectivity index (χ3v) is 3.03. The zero-order chi connectivity index (χ0) is 15.3. The summed E-state index contributed by atoms with van der Waals surface area (Å²) in [7, 11) is 3.34. The fourth-order valence-electron chi connectivity index (χ4n) is 1.98. The Balaban J connectivity index is 2.78. The van der Waals surface area contributed by atoms with Gasteiger partial charge in [0, 0.05) is 26.2 Å². The minimum Gasteiger partial charge on any atom is -0.347 e. The van der Waals surface area contributed by atoms with Gasteiger partial charge in [0.05, 0.1) is 6.04 Å². The summed E-state index contributed by atoms with van der Waals surface area (Å²) in [5, 5.41) is 2.96. The van der Waals surface area contributed by atoms with Gasteiger partial charge in [-0.3, -0.25) is 4.79 Å². The van der Waals surface area contributed by atoms with E-state index in [4.69, 9.17) is 0 Å². The average molecular weight is 284 g/mol. The van der Waals surface area contributed by atoms with Crippen molar-refractivity contribution < 1.29 is 13.6 Å². The van der Waals surface area contributed by atoms with Crippen molar-refractivity contribution in [1.82, 2.24) is 10.2 Å². The minimum atomic E-state index is -0.599. The molecule has 0 aliphatic heterocycles. The van der Waals surface area contributed by atoms with E-state index in [2.05, 4.69) is 5.32 Å². The molecule has 3 nitrogen and oxygen atoms in total. The molecule has 5 heteroatoms. The van der Waals surface area contributed by atoms with Crippen molar-refractivity contribution in [3.8, 4) is 0 Å². The third kappa shape index (κ3) is 4.56. The zero-order valence-electron chi connectivity index (χ0n) is 12.4. The van der Waals surface area contributed by atoms with Crippen LogP contribution in [-0.2, 0) is 11.3 Å². The molecule has 0 fully saturated rings. The lowest BCUT2D eigenvalue weighted by molar-refractivity contribution is -0.131. The van der Waals surface area contributed by atoms with Crippen LogP contribution in [0.1, 0.15) is 25.8 Å². The lowest BCUT2D eigenvalue weighted by Gasteiger charge is -2.23. The van der Waals surface area contributed by atoms with E-state index in [1.54, 1.807) is 14.1 Å². The largest absolute Gasteiger partial charge is 0.347 e. The van der Waals surface area contributed by atoms with Crippen molar-refractivity contribution >= 4 is 5.91 Å². The Morgan fingerprint density at radius 3 is 2.25 bits per heavy atom. The van der Waals surface area contributed by atoms with E-state index in [-0.39, 0.29) is 18.0 Å². The number of hydrogen-bond acceptors (Lipinski definition) is 2. The highest BCUT2D eigenvalue weighted by Crippen LogP contribution is 2.13. The number of halogens is 2. The summed E-state index contributed by atoms with van der Waals surface area (Å²) in [5.41, 5.74) is -0.0344. The van der Waals surface area contributed by atoms with Gasteiger partial charge in [-0.15, -0.1) is 0 Å². The quantitative estimate of drug-likeness (QED) is 0.870. The Morgan fingerprint density at radius 2 is 1.80 bits per heavy atom. The molecule has 0 aliphatic carbocycles. The fourth-order valence-corrected chi connectivity index (χ4v) is 1.98. The number of nitrogens with zero attached hydrogens (tertiary/aromatic N) is 1. The molecule has 0 heterocycles. The summed E-state index contributed by atoms with van der Waals surface area (Å²) in [6.07, 6.45) is 0.618. The normalized spacial score (nSPS) is 12.6. The van der Waals surface area contributed by atoms with Gasteiger partial charge in [-0.05, 0) is 24.5 Å². The zero-order valence-corrected chi connectivity index (χ0v) is 12.4. The smallest absolute Gasteiger partial charge is 0.239 e. The molecule has 0 spiro atoms. The number of amides is 1. The Morgan fingerprint density at radius 1 is 1.25 bits per heavy atom. The maximum atomic E-state index is 13.5. The van der Waals surface area contributed by atoms with Gasteiger partial charge in [0.2, 0.25) is 5.91 Å². The molecule has 0 radical (unpaired) electrons. The first-order valence-corrected chi connectivity index (χ1v) is 6.70. The number of hydrogen-bond donors (Lipinski definition) is 1. The summed E-state index contributed by atoms with van der Waals surface area (Å²) < 4.78 is 27.1. The van der Waals surface area contributed by atoms with E-state index in [0.717, 1.165) is 0 Å². The van der Waals surface area contributed by atoms with E-state index in [0.29, 0.717) is 12.3 Å². The molecular formula is C15H22F2N2O. The molecule has 0 aromatic heterocycles. The lowest BCUT2D eigenvalue weighted by atomic mass is 10.0. The number of rotatable bonds is 6. The van der Waals surface area contributed by atoms with Crippen LogP contribution in [0, 0.1) is 17.6 Å². The molecule has 1 unspecified atom stereocenters. The molecule has 20 heavy (non-hydrogen) atoms. The first-order valence-electron chi connectivity index (χ1n) is 6.70. The number of carbonyl (C=O) groups excluding carboxylic acids is 1. The summed E-state index contributed by atoms with van der Waals surface area (Å²) in [4.78, 5) is 13.5. The minimum absolute atomic E-state index is 0.00449. The average Bonchev–Trinajstić information content (AvgIpc) is 2.35. The van der Waals surface area contributed by atoms with Gasteiger partial charge >= 0.3 is 0 Å². The van der Waals surface area contributed by atoms with Crippen molar-refractivity contribution in [3.63, 3.8) is 0 Å². The first-order chi connectivity index (χ1) is 9.32. The van der Waals surface area contributed by atoms with Crippen LogP contribution in [0.4, 0.5) is 8.78 Å². The number of carbonyl (C=O) groups is 1. The van der Waals surface area contributed by atoms with Crippen LogP contribution in [0.5, 0.6) is 0 Å². The second-order valence-electron chi connectivity index (χ2n) is 5.50. The lowest BCUT2D eigenvalue weighted by Crippen LogP contribution is -2.44. The molecule has 0 saturated carbocycles. The molecule has 1 aromatic carbocycles. The molecule has 1 N–H and O–H groups in total. The topological polar surface area (TPSA) is 32.3 Å². The van der Waals surface area contributed by atoms with Gasteiger partial charge < -0.3 is 10.2 Å². The van der Waals surface area contributed by atoms with Crippen molar-refractivity contribution in [2.24, 2.45) is 5.92 Å². The maximum Gasteiger partial charge on any atom is 0.239 e. The van der Waals surface area contributed by atoms with Crippen LogP contribution in [0.25, 0.3) is 0 Å². The number of nitrogens with one attached hydrogen (secondary N) is 1. The van der Waals surface area contributed by atoms with Crippen LogP contribution in [-0.4, -0.2) is 30.9 Å². The SMILES string of the molecule is CC(C)CC(NCc1c(F)cccc1F)C(=O)N(C)C. The van der Waals surface area contributed by atoms with Crippen LogP contribution < -0.4 is 5.32 Å². The van der Waals surface area contributed by atoms with Crippen molar-refractivity contribution in [1.29, 1.82) is 0 Å². The highest BCUT2D eigenvalue weighted by molar-refractivity contribution is 5.81. The first kappa shape index (κ1) is 16.6. The monoisotopic (exact) mass is 284 g/mol. The molecule has 0 aliphatic rings. The summed E-state index contributed by atoms with van der Waals surface area (Å²) in [6, 6.07) is 3.31. The van der Waals surface area contributed by atoms with Crippen molar-refractivity contribution in [2.45, 2.75) is 32.9 Å². The maximum absolute atomic E-state index is 13.5. The highest BCUT2D eigenvalue weighted by Gasteiger charge is 2.21. The standard InChI is InChI=1S/C15H22F2N2O/c1-10(2)8-14(15(20)19(3)4)18-9-11-12(16)6-5-7-13(11)17/h5-7,10,14,18H,8-9H2,1-4H3. The third-order valence-electron chi connectivity index (χ3n) is 3.03. The van der Waals surface area contributed by atoms with Gasteiger partial charge in [0.1, 0.15) is 11.6 Å². The molecule has 1 atom stereocenters. The van der Waals surface area contributed by atoms with Crippen LogP contribution >= 0.6 is 0 Å². The highest BCUT2D eigenvalue weighted by atomic mass is 19.1. The predicted molar refractivity (Wildman–Crippen MR) is 75.1 cm³/mol. The molecule has 0 saturated heterocycles. The Hall–Kier alpha value is -1.49. The van der Waals surface area contributed by atoms with Gasteiger partial charge in [-0.25, -0.2) is 8.78 Å². The van der Waals surface area contributed by atoms with Gasteiger partial charge in [-0.1, -0.05) is 19.9 Å². The Bertz CT molecular complexity index is 441. The molecule has 0 bridgehead atoms. The second kappa shape index (κ2) is 7.33. The van der Waals surface area contributed by atoms with Crippen molar-refractivity contribution in [2.75, 3.05) is 14.1 Å². The van der Waals surface area contributed by atoms with Gasteiger partial charge in [0.25, 0.3) is 0 Å². The number of likely N-dealkylation sites (N-methyl/N-ethyl adjacent to an activating group) is 1. The van der Waals surface area contributed by atoms with Gasteiger partial charge in [-0.2, -0.15) is 0 Å². The van der Waals surface area contributed by atoms with E-state index in [9.17, 15) is 13.6 Å². The number of benzene rings is 1. The molecular weight excluding hydrogens is 262 g/mol. The van der Waals surface area contributed by atoms with Gasteiger partial charge in [0.15, 0.2) is 0 Å². The summed E-state index contributed by atoms with van der Waals surface area (Å²) in [6.45, 7) is 4.00. The predicted octanol–water partition coefficient (Wildman–Crippen LogP) is 2.56. The fraction of sp³-hybridized carbons (Fsp3) is 0.533. The summed E-state index contributed by atoms with van der Waals surface area (Å²) >= 11 is 0. The molecule has 112 valence electrons. The van der Waals surface area contributed by atoms with Crippen LogP contribution in [0.3, 0.4) is 0 Å². The van der Waals surface area contributed by atoms with Crippen molar-refractivity contribution in [3.05, 3.63) is 35.4 Å². The Labute approximate surface area is 119 Å². The van der Waals surface area contributed by atoms with E-state index in [1.165, 1.54) is 23.1 Å². The molecule has 1 aromatic rings. The summed E-state index contributed by atoms with van der Waals surface area (Å²) in [5.74, 6) is -0.978. The van der Waals surface area contributed by atoms with Crippen LogP contribution in [0.2, 0.25) is 0 Å². The second-order valence-corrected chi connectivity index (χ2v) is 5.50. The molecule has 1 rings (SSSR count). The molecule has 1 amide bonds. The van der Waals surface area contributed by atoms with E-state index >= 15 is 0 Å². The van der Waals surface area contributed by atoms with E-state index in [1.807, 2.05) is 13.8 Å². The van der Waals surface area contributed by atoms with Crippen LogP contribution in [0.15, 0.2) is 18.2 Å². The van der Waals surface area contributed by atoms with E-state index < -0.39 is 17.7 Å².